The van der Waals surface area contributed by atoms with Crippen LogP contribution in [0.5, 0.6) is 0 Å². The van der Waals surface area contributed by atoms with Crippen molar-refractivity contribution in [1.82, 2.24) is 9.62 Å². The molecule has 5 nitrogen and oxygen atoms in total. The Bertz CT molecular complexity index is 1180. The van der Waals surface area contributed by atoms with Gasteiger partial charge < -0.3 is 5.32 Å². The Morgan fingerprint density at radius 1 is 1.00 bits per heavy atom. The third kappa shape index (κ3) is 4.72. The average Bonchev–Trinajstić information content (AvgIpc) is 3.31. The molecule has 0 aromatic heterocycles. The monoisotopic (exact) mass is 470 g/mol. The van der Waals surface area contributed by atoms with Crippen LogP contribution in [0, 0.1) is 5.82 Å². The van der Waals surface area contributed by atoms with Gasteiger partial charge in [0, 0.05) is 12.3 Å². The fourth-order valence-corrected chi connectivity index (χ4v) is 6.70. The average molecular weight is 471 g/mol. The summed E-state index contributed by atoms with van der Waals surface area (Å²) < 4.78 is 41.0. The van der Waals surface area contributed by atoms with Crippen molar-refractivity contribution in [3.63, 3.8) is 0 Å². The molecule has 1 saturated heterocycles. The minimum Gasteiger partial charge on any atom is -0.347 e. The zero-order valence-electron chi connectivity index (χ0n) is 17.4. The maximum atomic E-state index is 13.3. The number of rotatable bonds is 6. The Hall–Kier alpha value is -2.68. The molecule has 1 fully saturated rings. The molecule has 0 saturated carbocycles. The van der Waals surface area contributed by atoms with Crippen molar-refractivity contribution >= 4 is 27.7 Å². The number of nitrogens with zero attached hydrogens (tertiary/aromatic N) is 1. The lowest BCUT2D eigenvalue weighted by Gasteiger charge is -2.24. The molecular weight excluding hydrogens is 447 g/mol. The van der Waals surface area contributed by atoms with Crippen LogP contribution < -0.4 is 5.32 Å². The van der Waals surface area contributed by atoms with Gasteiger partial charge >= 0.3 is 0 Å². The number of thioether (sulfide) groups is 1. The smallest absolute Gasteiger partial charge is 0.249 e. The van der Waals surface area contributed by atoms with E-state index in [1.165, 1.54) is 28.2 Å². The number of carbonyl (C=O) groups excluding carboxylic acids is 1. The van der Waals surface area contributed by atoms with Crippen LogP contribution in [-0.4, -0.2) is 36.3 Å². The third-order valence-corrected chi connectivity index (χ3v) is 8.58. The van der Waals surface area contributed by atoms with Crippen LogP contribution in [0.2, 0.25) is 0 Å². The predicted octanol–water partition coefficient (Wildman–Crippen LogP) is 4.43. The van der Waals surface area contributed by atoms with Crippen LogP contribution in [-0.2, 0) is 14.8 Å². The zero-order chi connectivity index (χ0) is 22.7. The Labute approximate surface area is 191 Å². The van der Waals surface area contributed by atoms with Gasteiger partial charge in [0.15, 0.2) is 0 Å². The molecule has 0 bridgehead atoms. The highest BCUT2D eigenvalue weighted by Gasteiger charge is 2.40. The molecule has 2 unspecified atom stereocenters. The largest absolute Gasteiger partial charge is 0.347 e. The molecule has 1 N–H and O–H groups in total. The second kappa shape index (κ2) is 9.44. The van der Waals surface area contributed by atoms with Crippen LogP contribution in [0.1, 0.15) is 18.5 Å². The molecular formula is C24H23FN2O3S2. The molecule has 0 aliphatic carbocycles. The van der Waals surface area contributed by atoms with Gasteiger partial charge in [0.05, 0.1) is 10.9 Å². The summed E-state index contributed by atoms with van der Waals surface area (Å²) in [7, 11) is -3.84. The zero-order valence-corrected chi connectivity index (χ0v) is 19.1. The molecule has 1 amide bonds. The van der Waals surface area contributed by atoms with E-state index in [2.05, 4.69) is 5.32 Å². The van der Waals surface area contributed by atoms with E-state index in [0.717, 1.165) is 16.7 Å². The van der Waals surface area contributed by atoms with Crippen LogP contribution in [0.25, 0.3) is 11.1 Å². The van der Waals surface area contributed by atoms with Crippen molar-refractivity contribution in [2.45, 2.75) is 23.2 Å². The van der Waals surface area contributed by atoms with Crippen molar-refractivity contribution in [3.05, 3.63) is 90.2 Å². The van der Waals surface area contributed by atoms with Gasteiger partial charge in [-0.25, -0.2) is 12.8 Å². The standard InChI is InChI=1S/C24H23FN2O3S2/c1-17(18-7-11-21(25)12-8-18)26-23(28)24-27(15-16-31-24)32(29,30)22-13-9-20(10-14-22)19-5-3-2-4-6-19/h2-14,17,24H,15-16H2,1H3,(H,26,28). The number of benzene rings is 3. The summed E-state index contributed by atoms with van der Waals surface area (Å²) >= 11 is 1.29. The highest BCUT2D eigenvalue weighted by atomic mass is 32.2. The Balaban J connectivity index is 1.50. The van der Waals surface area contributed by atoms with Crippen molar-refractivity contribution in [3.8, 4) is 11.1 Å². The maximum Gasteiger partial charge on any atom is 0.249 e. The van der Waals surface area contributed by atoms with Crippen LogP contribution in [0.3, 0.4) is 0 Å². The Morgan fingerprint density at radius 2 is 1.62 bits per heavy atom. The third-order valence-electron chi connectivity index (χ3n) is 5.37. The van der Waals surface area contributed by atoms with Gasteiger partial charge in [-0.1, -0.05) is 54.6 Å². The van der Waals surface area contributed by atoms with E-state index in [-0.39, 0.29) is 29.2 Å². The highest BCUT2D eigenvalue weighted by molar-refractivity contribution is 8.02. The van der Waals surface area contributed by atoms with Crippen molar-refractivity contribution in [2.24, 2.45) is 0 Å². The van der Waals surface area contributed by atoms with Gasteiger partial charge in [-0.05, 0) is 47.9 Å². The first kappa shape index (κ1) is 22.5. The first-order chi connectivity index (χ1) is 15.4. The molecule has 0 radical (unpaired) electrons. The quantitative estimate of drug-likeness (QED) is 0.579. The van der Waals surface area contributed by atoms with E-state index in [1.807, 2.05) is 30.3 Å². The second-order valence-corrected chi connectivity index (χ2v) is 10.6. The van der Waals surface area contributed by atoms with E-state index >= 15 is 0 Å². The molecule has 0 spiro atoms. The highest BCUT2D eigenvalue weighted by Crippen LogP contribution is 2.31. The molecule has 4 rings (SSSR count). The first-order valence-electron chi connectivity index (χ1n) is 10.2. The van der Waals surface area contributed by atoms with Crippen molar-refractivity contribution in [2.75, 3.05) is 12.3 Å². The Kier molecular flexibility index (Phi) is 6.64. The number of hydrogen-bond donors (Lipinski definition) is 1. The molecule has 8 heteroatoms. The van der Waals surface area contributed by atoms with E-state index in [4.69, 9.17) is 0 Å². The Morgan fingerprint density at radius 3 is 2.28 bits per heavy atom. The number of halogens is 1. The van der Waals surface area contributed by atoms with Gasteiger partial charge in [-0.3, -0.25) is 4.79 Å². The summed E-state index contributed by atoms with van der Waals surface area (Å²) in [6.07, 6.45) is 0. The molecule has 32 heavy (non-hydrogen) atoms. The van der Waals surface area contributed by atoms with E-state index in [9.17, 15) is 17.6 Å². The predicted molar refractivity (Wildman–Crippen MR) is 125 cm³/mol. The normalized spacial score (nSPS) is 17.8. The summed E-state index contributed by atoms with van der Waals surface area (Å²) in [5.41, 5.74) is 2.66. The summed E-state index contributed by atoms with van der Waals surface area (Å²) in [5.74, 6) is -0.201. The summed E-state index contributed by atoms with van der Waals surface area (Å²) in [4.78, 5) is 13.1. The topological polar surface area (TPSA) is 66.5 Å². The number of carbonyl (C=O) groups is 1. The van der Waals surface area contributed by atoms with E-state index in [0.29, 0.717) is 5.75 Å². The lowest BCUT2D eigenvalue weighted by molar-refractivity contribution is -0.122. The first-order valence-corrected chi connectivity index (χ1v) is 12.7. The van der Waals surface area contributed by atoms with E-state index in [1.54, 1.807) is 43.3 Å². The number of sulfonamides is 1. The lowest BCUT2D eigenvalue weighted by Crippen LogP contribution is -2.45. The lowest BCUT2D eigenvalue weighted by atomic mass is 10.1. The summed E-state index contributed by atoms with van der Waals surface area (Å²) in [5, 5.41) is 2.00. The minimum atomic E-state index is -3.84. The molecule has 3 aromatic rings. The molecule has 2 atom stereocenters. The number of amides is 1. The van der Waals surface area contributed by atoms with Crippen LogP contribution >= 0.6 is 11.8 Å². The molecule has 166 valence electrons. The van der Waals surface area contributed by atoms with Crippen molar-refractivity contribution in [1.29, 1.82) is 0 Å². The molecule has 1 aliphatic heterocycles. The van der Waals surface area contributed by atoms with Crippen LogP contribution in [0.15, 0.2) is 83.8 Å². The minimum absolute atomic E-state index is 0.157. The molecule has 1 aliphatic rings. The fourth-order valence-electron chi connectivity index (χ4n) is 3.61. The second-order valence-electron chi connectivity index (χ2n) is 7.51. The van der Waals surface area contributed by atoms with Crippen molar-refractivity contribution < 1.29 is 17.6 Å². The van der Waals surface area contributed by atoms with Gasteiger partial charge in [0.1, 0.15) is 11.2 Å². The summed E-state index contributed by atoms with van der Waals surface area (Å²) in [6, 6.07) is 21.9. The summed E-state index contributed by atoms with van der Waals surface area (Å²) in [6.45, 7) is 2.04. The van der Waals surface area contributed by atoms with Gasteiger partial charge in [0.25, 0.3) is 0 Å². The SMILES string of the molecule is CC(NC(=O)C1SCCN1S(=O)(=O)c1ccc(-c2ccccc2)cc1)c1ccc(F)cc1. The van der Waals surface area contributed by atoms with Gasteiger partial charge in [0.2, 0.25) is 15.9 Å². The van der Waals surface area contributed by atoms with Gasteiger partial charge in [-0.2, -0.15) is 4.31 Å². The molecule has 1 heterocycles. The number of nitrogens with one attached hydrogen (secondary N) is 1. The van der Waals surface area contributed by atoms with Crippen LogP contribution in [0.4, 0.5) is 4.39 Å². The maximum absolute atomic E-state index is 13.3. The van der Waals surface area contributed by atoms with E-state index < -0.39 is 15.4 Å². The number of hydrogen-bond acceptors (Lipinski definition) is 4. The fraction of sp³-hybridized carbons (Fsp3) is 0.208. The van der Waals surface area contributed by atoms with Gasteiger partial charge in [-0.15, -0.1) is 11.8 Å². The molecule has 3 aromatic carbocycles.